The van der Waals surface area contributed by atoms with Crippen LogP contribution < -0.4 is 10.6 Å². The van der Waals surface area contributed by atoms with Crippen LogP contribution in [0.25, 0.3) is 5.65 Å². The maximum Gasteiger partial charge on any atom is 0.191 e. The summed E-state index contributed by atoms with van der Waals surface area (Å²) in [5.74, 6) is 0.799. The molecule has 2 heterocycles. The zero-order valence-electron chi connectivity index (χ0n) is 15.6. The molecule has 0 fully saturated rings. The van der Waals surface area contributed by atoms with E-state index in [1.165, 1.54) is 5.56 Å². The lowest BCUT2D eigenvalue weighted by atomic mass is 10.2. The van der Waals surface area contributed by atoms with Gasteiger partial charge in [0, 0.05) is 36.9 Å². The number of guanidine groups is 1. The summed E-state index contributed by atoms with van der Waals surface area (Å²) < 4.78 is 2.07. The highest BCUT2D eigenvalue weighted by Gasteiger charge is 2.04. The van der Waals surface area contributed by atoms with Gasteiger partial charge in [-0.3, -0.25) is 0 Å². The third-order valence-corrected chi connectivity index (χ3v) is 4.29. The van der Waals surface area contributed by atoms with Gasteiger partial charge in [-0.1, -0.05) is 29.8 Å². The van der Waals surface area contributed by atoms with Crippen LogP contribution in [0.15, 0.2) is 53.8 Å². The Kier molecular flexibility index (Phi) is 8.37. The Hall–Kier alpha value is -1.80. The number of hydrogen-bond donors (Lipinski definition) is 2. The van der Waals surface area contributed by atoms with Gasteiger partial charge in [-0.05, 0) is 43.2 Å². The smallest absolute Gasteiger partial charge is 0.191 e. The highest BCUT2D eigenvalue weighted by atomic mass is 127. The second kappa shape index (κ2) is 10.5. The minimum absolute atomic E-state index is 0. The largest absolute Gasteiger partial charge is 0.357 e. The first-order chi connectivity index (χ1) is 12.7. The fraction of sp³-hybridized carbons (Fsp3) is 0.300. The zero-order chi connectivity index (χ0) is 18.4. The monoisotopic (exact) mass is 497 g/mol. The molecule has 0 atom stereocenters. The van der Waals surface area contributed by atoms with Crippen molar-refractivity contribution in [2.75, 3.05) is 13.1 Å². The third-order valence-electron chi connectivity index (χ3n) is 4.05. The maximum absolute atomic E-state index is 6.03. The predicted octanol–water partition coefficient (Wildman–Crippen LogP) is 4.21. The molecule has 2 aromatic heterocycles. The Labute approximate surface area is 182 Å². The molecular weight excluding hydrogens is 473 g/mol. The maximum atomic E-state index is 6.03. The van der Waals surface area contributed by atoms with Gasteiger partial charge in [0.2, 0.25) is 0 Å². The van der Waals surface area contributed by atoms with Gasteiger partial charge in [0.1, 0.15) is 5.65 Å². The number of nitrogens with zero attached hydrogens (tertiary/aromatic N) is 3. The van der Waals surface area contributed by atoms with Gasteiger partial charge in [-0.15, -0.1) is 24.0 Å². The van der Waals surface area contributed by atoms with Crippen molar-refractivity contribution in [1.29, 1.82) is 0 Å². The predicted molar refractivity (Wildman–Crippen MR) is 123 cm³/mol. The average molecular weight is 498 g/mol. The number of aromatic nitrogens is 2. The van der Waals surface area contributed by atoms with Crippen molar-refractivity contribution in [2.24, 2.45) is 4.99 Å². The molecule has 27 heavy (non-hydrogen) atoms. The van der Waals surface area contributed by atoms with Crippen molar-refractivity contribution in [1.82, 2.24) is 20.0 Å². The lowest BCUT2D eigenvalue weighted by molar-refractivity contribution is 0.791. The molecule has 2 N–H and O–H groups in total. The minimum atomic E-state index is 0. The van der Waals surface area contributed by atoms with Crippen LogP contribution in [0.1, 0.15) is 23.7 Å². The number of fused-ring (bicyclic) bond motifs is 1. The molecule has 5 nitrogen and oxygen atoms in total. The highest BCUT2D eigenvalue weighted by molar-refractivity contribution is 14.0. The van der Waals surface area contributed by atoms with Gasteiger partial charge in [0.05, 0.1) is 12.2 Å². The number of halogens is 2. The fourth-order valence-electron chi connectivity index (χ4n) is 2.78. The van der Waals surface area contributed by atoms with E-state index in [2.05, 4.69) is 46.1 Å². The molecule has 0 saturated carbocycles. The molecule has 144 valence electrons. The molecule has 0 aliphatic rings. The molecule has 0 aliphatic heterocycles. The van der Waals surface area contributed by atoms with E-state index in [9.17, 15) is 0 Å². The second-order valence-corrected chi connectivity index (χ2v) is 6.59. The summed E-state index contributed by atoms with van der Waals surface area (Å²) in [7, 11) is 0. The molecule has 0 saturated heterocycles. The molecule has 1 aromatic carbocycles. The van der Waals surface area contributed by atoms with Crippen molar-refractivity contribution < 1.29 is 0 Å². The quantitative estimate of drug-likeness (QED) is 0.305. The van der Waals surface area contributed by atoms with E-state index in [0.717, 1.165) is 47.4 Å². The second-order valence-electron chi connectivity index (χ2n) is 6.16. The SMILES string of the molecule is CCNC(=NCc1cccc(Cl)c1)NCCc1cn2cccc(C)c2n1.I. The van der Waals surface area contributed by atoms with Gasteiger partial charge in [-0.25, -0.2) is 9.98 Å². The van der Waals surface area contributed by atoms with E-state index in [1.54, 1.807) is 0 Å². The van der Waals surface area contributed by atoms with Crippen LogP contribution in [0.2, 0.25) is 5.02 Å². The number of pyridine rings is 1. The Bertz CT molecular complexity index is 906. The van der Waals surface area contributed by atoms with Crippen LogP contribution in [0.3, 0.4) is 0 Å². The van der Waals surface area contributed by atoms with E-state index >= 15 is 0 Å². The minimum Gasteiger partial charge on any atom is -0.357 e. The lowest BCUT2D eigenvalue weighted by Gasteiger charge is -2.10. The molecular formula is C20H25ClIN5. The van der Waals surface area contributed by atoms with Crippen LogP contribution >= 0.6 is 35.6 Å². The molecule has 0 bridgehead atoms. The van der Waals surface area contributed by atoms with E-state index in [4.69, 9.17) is 16.6 Å². The molecule has 3 rings (SSSR count). The third kappa shape index (κ3) is 6.10. The molecule has 0 aliphatic carbocycles. The van der Waals surface area contributed by atoms with E-state index < -0.39 is 0 Å². The van der Waals surface area contributed by atoms with Crippen molar-refractivity contribution in [2.45, 2.75) is 26.8 Å². The Morgan fingerprint density at radius 3 is 2.81 bits per heavy atom. The van der Waals surface area contributed by atoms with Crippen molar-refractivity contribution in [3.05, 3.63) is 70.6 Å². The standard InChI is InChI=1S/C20H24ClN5.HI/c1-3-22-20(24-13-16-7-4-8-17(21)12-16)23-10-9-18-14-26-11-5-6-15(2)19(26)25-18;/h4-8,11-12,14H,3,9-10,13H2,1-2H3,(H2,22,23,24);1H. The molecule has 3 aromatic rings. The summed E-state index contributed by atoms with van der Waals surface area (Å²) in [4.78, 5) is 9.33. The van der Waals surface area contributed by atoms with E-state index in [1.807, 2.05) is 36.5 Å². The van der Waals surface area contributed by atoms with E-state index in [-0.39, 0.29) is 24.0 Å². The summed E-state index contributed by atoms with van der Waals surface area (Å²) in [5, 5.41) is 7.37. The van der Waals surface area contributed by atoms with Crippen LogP contribution in [-0.4, -0.2) is 28.4 Å². The summed E-state index contributed by atoms with van der Waals surface area (Å²) in [5.41, 5.74) is 4.36. The first-order valence-electron chi connectivity index (χ1n) is 8.85. The van der Waals surface area contributed by atoms with Crippen molar-refractivity contribution in [3.63, 3.8) is 0 Å². The van der Waals surface area contributed by atoms with Crippen LogP contribution in [0.5, 0.6) is 0 Å². The fourth-order valence-corrected chi connectivity index (χ4v) is 2.99. The van der Waals surface area contributed by atoms with Crippen molar-refractivity contribution in [3.8, 4) is 0 Å². The molecule has 0 spiro atoms. The number of aliphatic imine (C=N–C) groups is 1. The number of hydrogen-bond acceptors (Lipinski definition) is 2. The summed E-state index contributed by atoms with van der Waals surface area (Å²) in [6, 6.07) is 11.9. The first-order valence-corrected chi connectivity index (χ1v) is 9.23. The van der Waals surface area contributed by atoms with Crippen molar-refractivity contribution >= 4 is 47.2 Å². The number of imidazole rings is 1. The molecule has 0 radical (unpaired) electrons. The Morgan fingerprint density at radius 1 is 1.22 bits per heavy atom. The summed E-state index contributed by atoms with van der Waals surface area (Å²) in [6.07, 6.45) is 4.95. The summed E-state index contributed by atoms with van der Waals surface area (Å²) in [6.45, 7) is 6.31. The van der Waals surface area contributed by atoms with Gasteiger partial charge in [0.15, 0.2) is 5.96 Å². The first kappa shape index (κ1) is 21.5. The number of nitrogens with one attached hydrogen (secondary N) is 2. The lowest BCUT2D eigenvalue weighted by Crippen LogP contribution is -2.38. The van der Waals surface area contributed by atoms with Gasteiger partial charge < -0.3 is 15.0 Å². The normalized spacial score (nSPS) is 11.3. The zero-order valence-corrected chi connectivity index (χ0v) is 18.7. The number of benzene rings is 1. The topological polar surface area (TPSA) is 53.7 Å². The average Bonchev–Trinajstić information content (AvgIpc) is 3.04. The van der Waals surface area contributed by atoms with Crippen LogP contribution in [0, 0.1) is 6.92 Å². The number of aryl methyl sites for hydroxylation is 1. The van der Waals surface area contributed by atoms with Gasteiger partial charge in [0.25, 0.3) is 0 Å². The van der Waals surface area contributed by atoms with Crippen LogP contribution in [0.4, 0.5) is 0 Å². The van der Waals surface area contributed by atoms with E-state index in [0.29, 0.717) is 6.54 Å². The Morgan fingerprint density at radius 2 is 2.07 bits per heavy atom. The molecule has 0 unspecified atom stereocenters. The van der Waals surface area contributed by atoms with Crippen LogP contribution in [-0.2, 0) is 13.0 Å². The number of rotatable bonds is 6. The molecule has 7 heteroatoms. The highest BCUT2D eigenvalue weighted by Crippen LogP contribution is 2.11. The Balaban J connectivity index is 0.00000261. The molecule has 0 amide bonds. The van der Waals surface area contributed by atoms with Gasteiger partial charge in [-0.2, -0.15) is 0 Å². The van der Waals surface area contributed by atoms with Gasteiger partial charge >= 0.3 is 0 Å². The summed E-state index contributed by atoms with van der Waals surface area (Å²) >= 11 is 6.03.